The maximum Gasteiger partial charge on any atom is 0.267 e. The van der Waals surface area contributed by atoms with Crippen LogP contribution >= 0.6 is 11.6 Å². The number of nitriles is 1. The highest BCUT2D eigenvalue weighted by molar-refractivity contribution is 6.31. The third-order valence-electron chi connectivity index (χ3n) is 3.04. The fourth-order valence-electron chi connectivity index (χ4n) is 1.77. The van der Waals surface area contributed by atoms with Crippen LogP contribution < -0.4 is 10.6 Å². The Labute approximate surface area is 138 Å². The quantitative estimate of drug-likeness (QED) is 0.651. The number of carbonyl (C=O) groups is 1. The first kappa shape index (κ1) is 16.5. The molecule has 0 spiro atoms. The number of nitrogens with one attached hydrogen (secondary N) is 2. The van der Waals surface area contributed by atoms with Crippen LogP contribution in [-0.2, 0) is 4.79 Å². The number of amides is 1. The maximum atomic E-state index is 12.8. The van der Waals surface area contributed by atoms with Crippen molar-refractivity contribution < 1.29 is 9.18 Å². The van der Waals surface area contributed by atoms with E-state index in [4.69, 9.17) is 16.9 Å². The lowest BCUT2D eigenvalue weighted by molar-refractivity contribution is -0.112. The van der Waals surface area contributed by atoms with Gasteiger partial charge in [-0.3, -0.25) is 4.79 Å². The van der Waals surface area contributed by atoms with Gasteiger partial charge in [0.1, 0.15) is 17.5 Å². The minimum absolute atomic E-state index is 0.117. The lowest BCUT2D eigenvalue weighted by Gasteiger charge is -2.08. The standard InChI is InChI=1S/C17H13ClFN3O/c1-11-2-3-13(18)8-16(11)22-17(23)12(9-20)10-21-15-6-4-14(19)5-7-15/h2-8,10,21H,1H3,(H,22,23)/b12-10-. The number of halogens is 2. The Kier molecular flexibility index (Phi) is 5.34. The summed E-state index contributed by atoms with van der Waals surface area (Å²) in [5, 5.41) is 15.0. The predicted octanol–water partition coefficient (Wildman–Crippen LogP) is 4.25. The summed E-state index contributed by atoms with van der Waals surface area (Å²) in [4.78, 5) is 12.1. The zero-order valence-electron chi connectivity index (χ0n) is 12.2. The topological polar surface area (TPSA) is 64.9 Å². The van der Waals surface area contributed by atoms with Crippen LogP contribution in [0.25, 0.3) is 0 Å². The van der Waals surface area contributed by atoms with Crippen molar-refractivity contribution in [2.75, 3.05) is 10.6 Å². The highest BCUT2D eigenvalue weighted by atomic mass is 35.5. The van der Waals surface area contributed by atoms with Crippen LogP contribution in [-0.4, -0.2) is 5.91 Å². The van der Waals surface area contributed by atoms with E-state index in [-0.39, 0.29) is 11.4 Å². The molecule has 0 aliphatic heterocycles. The molecule has 0 aliphatic rings. The third kappa shape index (κ3) is 4.56. The summed E-state index contributed by atoms with van der Waals surface area (Å²) in [6, 6.07) is 12.5. The van der Waals surface area contributed by atoms with Gasteiger partial charge in [0.2, 0.25) is 0 Å². The van der Waals surface area contributed by atoms with Crippen molar-refractivity contribution in [3.8, 4) is 6.07 Å². The Morgan fingerprint density at radius 2 is 1.96 bits per heavy atom. The normalized spacial score (nSPS) is 10.8. The van der Waals surface area contributed by atoms with Crippen molar-refractivity contribution in [2.24, 2.45) is 0 Å². The van der Waals surface area contributed by atoms with E-state index in [1.54, 1.807) is 18.2 Å². The van der Waals surface area contributed by atoms with E-state index in [1.807, 2.05) is 13.0 Å². The molecule has 0 saturated heterocycles. The number of benzene rings is 2. The van der Waals surface area contributed by atoms with Crippen LogP contribution in [0.1, 0.15) is 5.56 Å². The molecule has 0 bridgehead atoms. The number of aryl methyl sites for hydroxylation is 1. The van der Waals surface area contributed by atoms with Gasteiger partial charge in [-0.15, -0.1) is 0 Å². The van der Waals surface area contributed by atoms with E-state index < -0.39 is 5.91 Å². The summed E-state index contributed by atoms with van der Waals surface area (Å²) in [7, 11) is 0. The maximum absolute atomic E-state index is 12.8. The zero-order chi connectivity index (χ0) is 16.8. The molecule has 116 valence electrons. The summed E-state index contributed by atoms with van der Waals surface area (Å²) in [5.74, 6) is -0.929. The fourth-order valence-corrected chi connectivity index (χ4v) is 1.94. The second-order valence-corrected chi connectivity index (χ2v) is 5.17. The van der Waals surface area contributed by atoms with Crippen molar-refractivity contribution in [1.29, 1.82) is 5.26 Å². The molecule has 0 atom stereocenters. The molecule has 6 heteroatoms. The predicted molar refractivity (Wildman–Crippen MR) is 88.5 cm³/mol. The van der Waals surface area contributed by atoms with E-state index in [0.717, 1.165) is 5.56 Å². The van der Waals surface area contributed by atoms with E-state index >= 15 is 0 Å². The third-order valence-corrected chi connectivity index (χ3v) is 3.28. The molecular weight excluding hydrogens is 317 g/mol. The van der Waals surface area contributed by atoms with Gasteiger partial charge in [0.15, 0.2) is 0 Å². The number of hydrogen-bond donors (Lipinski definition) is 2. The van der Waals surface area contributed by atoms with Crippen molar-refractivity contribution in [2.45, 2.75) is 6.92 Å². The van der Waals surface area contributed by atoms with E-state index in [2.05, 4.69) is 10.6 Å². The number of rotatable bonds is 4. The second-order valence-electron chi connectivity index (χ2n) is 4.73. The first-order valence-corrected chi connectivity index (χ1v) is 7.07. The highest BCUT2D eigenvalue weighted by Gasteiger charge is 2.11. The molecule has 2 aromatic rings. The van der Waals surface area contributed by atoms with Gasteiger partial charge in [0.25, 0.3) is 5.91 Å². The highest BCUT2D eigenvalue weighted by Crippen LogP contribution is 2.20. The number of carbonyl (C=O) groups excluding carboxylic acids is 1. The summed E-state index contributed by atoms with van der Waals surface area (Å²) in [6.45, 7) is 1.82. The van der Waals surface area contributed by atoms with Crippen molar-refractivity contribution in [3.05, 3.63) is 70.6 Å². The van der Waals surface area contributed by atoms with Gasteiger partial charge in [-0.1, -0.05) is 17.7 Å². The Morgan fingerprint density at radius 1 is 1.26 bits per heavy atom. The number of hydrogen-bond acceptors (Lipinski definition) is 3. The number of anilines is 2. The Bertz CT molecular complexity index is 794. The Hall–Kier alpha value is -2.84. The lowest BCUT2D eigenvalue weighted by Crippen LogP contribution is -2.15. The molecule has 0 unspecified atom stereocenters. The van der Waals surface area contributed by atoms with Crippen molar-refractivity contribution >= 4 is 28.9 Å². The largest absolute Gasteiger partial charge is 0.360 e. The fraction of sp³-hybridized carbons (Fsp3) is 0.0588. The van der Waals surface area contributed by atoms with Crippen LogP contribution in [0.4, 0.5) is 15.8 Å². The van der Waals surface area contributed by atoms with Gasteiger partial charge in [0, 0.05) is 22.6 Å². The Balaban J connectivity index is 2.12. The SMILES string of the molecule is Cc1ccc(Cl)cc1NC(=O)/C(C#N)=C\Nc1ccc(F)cc1. The summed E-state index contributed by atoms with van der Waals surface area (Å²) >= 11 is 5.89. The molecule has 23 heavy (non-hydrogen) atoms. The molecule has 0 aromatic heterocycles. The minimum Gasteiger partial charge on any atom is -0.360 e. The molecule has 0 fully saturated rings. The van der Waals surface area contributed by atoms with Crippen molar-refractivity contribution in [1.82, 2.24) is 0 Å². The summed E-state index contributed by atoms with van der Waals surface area (Å²) in [6.07, 6.45) is 1.27. The van der Waals surface area contributed by atoms with Gasteiger partial charge < -0.3 is 10.6 Å². The average molecular weight is 330 g/mol. The Morgan fingerprint density at radius 3 is 2.61 bits per heavy atom. The van der Waals surface area contributed by atoms with Crippen LogP contribution in [0, 0.1) is 24.1 Å². The zero-order valence-corrected chi connectivity index (χ0v) is 13.0. The molecule has 4 nitrogen and oxygen atoms in total. The molecule has 0 radical (unpaired) electrons. The van der Waals surface area contributed by atoms with Gasteiger partial charge >= 0.3 is 0 Å². The molecule has 0 heterocycles. The number of nitrogens with zero attached hydrogens (tertiary/aromatic N) is 1. The van der Waals surface area contributed by atoms with Crippen LogP contribution in [0.15, 0.2) is 54.2 Å². The first-order valence-electron chi connectivity index (χ1n) is 6.69. The smallest absolute Gasteiger partial charge is 0.267 e. The van der Waals surface area contributed by atoms with Gasteiger partial charge in [-0.25, -0.2) is 4.39 Å². The summed E-state index contributed by atoms with van der Waals surface area (Å²) < 4.78 is 12.8. The monoisotopic (exact) mass is 329 g/mol. The molecule has 2 N–H and O–H groups in total. The molecule has 0 saturated carbocycles. The van der Waals surface area contributed by atoms with Gasteiger partial charge in [-0.05, 0) is 48.9 Å². The average Bonchev–Trinajstić information content (AvgIpc) is 2.53. The van der Waals surface area contributed by atoms with E-state index in [9.17, 15) is 9.18 Å². The summed E-state index contributed by atoms with van der Waals surface area (Å²) in [5.41, 5.74) is 1.80. The lowest BCUT2D eigenvalue weighted by atomic mass is 10.2. The first-order chi connectivity index (χ1) is 11.0. The van der Waals surface area contributed by atoms with Crippen LogP contribution in [0.5, 0.6) is 0 Å². The van der Waals surface area contributed by atoms with Crippen molar-refractivity contribution in [3.63, 3.8) is 0 Å². The van der Waals surface area contributed by atoms with Crippen LogP contribution in [0.3, 0.4) is 0 Å². The van der Waals surface area contributed by atoms with E-state index in [0.29, 0.717) is 16.4 Å². The van der Waals surface area contributed by atoms with E-state index in [1.165, 1.54) is 30.5 Å². The molecule has 0 aliphatic carbocycles. The molecule has 2 aromatic carbocycles. The minimum atomic E-state index is -0.563. The molecular formula is C17H13ClFN3O. The van der Waals surface area contributed by atoms with Gasteiger partial charge in [-0.2, -0.15) is 5.26 Å². The van der Waals surface area contributed by atoms with Gasteiger partial charge in [0.05, 0.1) is 0 Å². The van der Waals surface area contributed by atoms with Crippen LogP contribution in [0.2, 0.25) is 5.02 Å². The second kappa shape index (κ2) is 7.43. The molecule has 2 rings (SSSR count). The molecule has 1 amide bonds.